The van der Waals surface area contributed by atoms with Crippen molar-refractivity contribution in [1.29, 1.82) is 0 Å². The third-order valence-electron chi connectivity index (χ3n) is 5.43. The standard InChI is InChI=1S/C22H26N2O3/c1-21(2,3)19-18-16(12-6-8-13(25)9-7-12)17-14(23-20(18)27-24-19)10-22(4,5)11-15(17)26/h6-9,16,23,25H,10-11H2,1-5H3/t16-/m1/s1. The van der Waals surface area contributed by atoms with Crippen LogP contribution in [0.25, 0.3) is 0 Å². The largest absolute Gasteiger partial charge is 0.508 e. The van der Waals surface area contributed by atoms with E-state index < -0.39 is 0 Å². The van der Waals surface area contributed by atoms with E-state index in [4.69, 9.17) is 4.52 Å². The molecule has 0 bridgehead atoms. The number of carbonyl (C=O) groups is 1. The molecule has 0 amide bonds. The minimum Gasteiger partial charge on any atom is -0.508 e. The van der Waals surface area contributed by atoms with Gasteiger partial charge in [-0.2, -0.15) is 0 Å². The summed E-state index contributed by atoms with van der Waals surface area (Å²) >= 11 is 0. The normalized spacial score (nSPS) is 21.5. The molecule has 2 aliphatic rings. The molecule has 2 N–H and O–H groups in total. The highest BCUT2D eigenvalue weighted by Gasteiger charge is 2.44. The first-order valence-corrected chi connectivity index (χ1v) is 9.39. The number of allylic oxidation sites excluding steroid dienone is 2. The van der Waals surface area contributed by atoms with E-state index in [0.29, 0.717) is 12.3 Å². The van der Waals surface area contributed by atoms with Gasteiger partial charge in [0.2, 0.25) is 5.88 Å². The van der Waals surface area contributed by atoms with Crippen molar-refractivity contribution in [1.82, 2.24) is 5.16 Å². The lowest BCUT2D eigenvalue weighted by Gasteiger charge is -2.38. The molecule has 4 rings (SSSR count). The minimum atomic E-state index is -0.235. The summed E-state index contributed by atoms with van der Waals surface area (Å²) in [5.41, 5.74) is 4.17. The zero-order valence-electron chi connectivity index (χ0n) is 16.5. The van der Waals surface area contributed by atoms with Crippen LogP contribution in [0.3, 0.4) is 0 Å². The molecule has 1 aromatic heterocycles. The molecule has 1 aromatic carbocycles. The Bertz CT molecular complexity index is 943. The number of hydrogen-bond donors (Lipinski definition) is 2. The second-order valence-corrected chi connectivity index (χ2v) is 9.51. The van der Waals surface area contributed by atoms with Gasteiger partial charge in [-0.3, -0.25) is 4.79 Å². The molecule has 0 fully saturated rings. The van der Waals surface area contributed by atoms with Gasteiger partial charge in [-0.15, -0.1) is 0 Å². The molecule has 1 aliphatic heterocycles. The van der Waals surface area contributed by atoms with Crippen LogP contribution >= 0.6 is 0 Å². The summed E-state index contributed by atoms with van der Waals surface area (Å²) in [6.45, 7) is 10.5. The van der Waals surface area contributed by atoms with E-state index >= 15 is 0 Å². The lowest BCUT2D eigenvalue weighted by Crippen LogP contribution is -2.34. The average molecular weight is 366 g/mol. The summed E-state index contributed by atoms with van der Waals surface area (Å²) in [6.07, 6.45) is 1.31. The quantitative estimate of drug-likeness (QED) is 0.752. The number of phenols is 1. The van der Waals surface area contributed by atoms with Crippen molar-refractivity contribution in [3.8, 4) is 5.75 Å². The number of benzene rings is 1. The van der Waals surface area contributed by atoms with Crippen LogP contribution in [0, 0.1) is 5.41 Å². The number of ketones is 1. The molecule has 1 atom stereocenters. The number of phenolic OH excluding ortho intramolecular Hbond substituents is 1. The van der Waals surface area contributed by atoms with E-state index in [9.17, 15) is 9.90 Å². The Labute approximate surface area is 159 Å². The number of anilines is 1. The topological polar surface area (TPSA) is 75.4 Å². The first kappa shape index (κ1) is 17.8. The maximum Gasteiger partial charge on any atom is 0.233 e. The number of Topliss-reactive ketones (excluding diaryl/α,β-unsaturated/α-hetero) is 1. The molecule has 5 nitrogen and oxygen atoms in total. The molecular weight excluding hydrogens is 340 g/mol. The molecule has 2 aromatic rings. The first-order chi connectivity index (χ1) is 12.6. The van der Waals surface area contributed by atoms with E-state index in [1.165, 1.54) is 0 Å². The molecule has 142 valence electrons. The van der Waals surface area contributed by atoms with Crippen LogP contribution in [0.4, 0.5) is 5.88 Å². The lowest BCUT2D eigenvalue weighted by molar-refractivity contribution is -0.118. The highest BCUT2D eigenvalue weighted by atomic mass is 16.5. The fourth-order valence-electron chi connectivity index (χ4n) is 4.26. The van der Waals surface area contributed by atoms with Crippen molar-refractivity contribution in [3.05, 3.63) is 52.4 Å². The van der Waals surface area contributed by atoms with Crippen molar-refractivity contribution in [2.45, 2.75) is 58.8 Å². The fourth-order valence-corrected chi connectivity index (χ4v) is 4.26. The predicted octanol–water partition coefficient (Wildman–Crippen LogP) is 4.88. The lowest BCUT2D eigenvalue weighted by atomic mass is 9.68. The second kappa shape index (κ2) is 5.72. The number of carbonyl (C=O) groups excluding carboxylic acids is 1. The molecule has 0 spiro atoms. The first-order valence-electron chi connectivity index (χ1n) is 9.39. The van der Waals surface area contributed by atoms with Gasteiger partial charge >= 0.3 is 0 Å². The van der Waals surface area contributed by atoms with Crippen molar-refractivity contribution < 1.29 is 14.4 Å². The molecule has 2 heterocycles. The summed E-state index contributed by atoms with van der Waals surface area (Å²) in [4.78, 5) is 13.2. The van der Waals surface area contributed by atoms with Gasteiger partial charge in [0.15, 0.2) is 5.78 Å². The highest BCUT2D eigenvalue weighted by Crippen LogP contribution is 2.51. The van der Waals surface area contributed by atoms with Crippen LogP contribution in [0.2, 0.25) is 0 Å². The zero-order valence-corrected chi connectivity index (χ0v) is 16.5. The molecule has 1 aliphatic carbocycles. The maximum atomic E-state index is 13.2. The van der Waals surface area contributed by atoms with Gasteiger partial charge in [-0.25, -0.2) is 0 Å². The van der Waals surface area contributed by atoms with E-state index in [-0.39, 0.29) is 28.3 Å². The van der Waals surface area contributed by atoms with Crippen LogP contribution in [0.15, 0.2) is 40.1 Å². The van der Waals surface area contributed by atoms with Crippen molar-refractivity contribution in [2.75, 3.05) is 5.32 Å². The third kappa shape index (κ3) is 2.95. The number of rotatable bonds is 1. The molecular formula is C22H26N2O3. The Hall–Kier alpha value is -2.56. The van der Waals surface area contributed by atoms with Gasteiger partial charge < -0.3 is 14.9 Å². The summed E-state index contributed by atoms with van der Waals surface area (Å²) in [7, 11) is 0. The number of aromatic hydroxyl groups is 1. The van der Waals surface area contributed by atoms with Crippen LogP contribution in [-0.4, -0.2) is 16.0 Å². The summed E-state index contributed by atoms with van der Waals surface area (Å²) in [6, 6.07) is 7.09. The SMILES string of the molecule is CC1(C)CC(=O)C2=C(C1)Nc1onc(C(C)(C)C)c1[C@@H]2c1ccc(O)cc1. The van der Waals surface area contributed by atoms with Gasteiger partial charge in [-0.1, -0.05) is 51.9 Å². The third-order valence-corrected chi connectivity index (χ3v) is 5.43. The summed E-state index contributed by atoms with van der Waals surface area (Å²) < 4.78 is 5.69. The van der Waals surface area contributed by atoms with Gasteiger partial charge in [-0.05, 0) is 29.5 Å². The molecule has 27 heavy (non-hydrogen) atoms. The average Bonchev–Trinajstić information content (AvgIpc) is 2.96. The van der Waals surface area contributed by atoms with Crippen LogP contribution < -0.4 is 5.32 Å². The fraction of sp³-hybridized carbons (Fsp3) is 0.455. The van der Waals surface area contributed by atoms with E-state index in [0.717, 1.165) is 34.5 Å². The predicted molar refractivity (Wildman–Crippen MR) is 104 cm³/mol. The summed E-state index contributed by atoms with van der Waals surface area (Å²) in [5, 5.41) is 17.5. The molecule has 0 saturated heterocycles. The Balaban J connectivity index is 1.96. The van der Waals surface area contributed by atoms with Crippen molar-refractivity contribution >= 4 is 11.7 Å². The smallest absolute Gasteiger partial charge is 0.233 e. The van der Waals surface area contributed by atoms with E-state index in [1.54, 1.807) is 12.1 Å². The number of nitrogens with zero attached hydrogens (tertiary/aromatic N) is 1. The number of hydrogen-bond acceptors (Lipinski definition) is 5. The molecule has 0 radical (unpaired) electrons. The maximum absolute atomic E-state index is 13.2. The Morgan fingerprint density at radius 2 is 1.85 bits per heavy atom. The van der Waals surface area contributed by atoms with Gasteiger partial charge in [0, 0.05) is 29.0 Å². The van der Waals surface area contributed by atoms with Crippen LogP contribution in [-0.2, 0) is 10.2 Å². The van der Waals surface area contributed by atoms with Crippen LogP contribution in [0.1, 0.15) is 70.2 Å². The van der Waals surface area contributed by atoms with Gasteiger partial charge in [0.1, 0.15) is 5.75 Å². The Morgan fingerprint density at radius 1 is 1.19 bits per heavy atom. The minimum absolute atomic E-state index is 0.0905. The monoisotopic (exact) mass is 366 g/mol. The molecule has 0 saturated carbocycles. The van der Waals surface area contributed by atoms with E-state index in [2.05, 4.69) is 45.1 Å². The van der Waals surface area contributed by atoms with Gasteiger partial charge in [0.25, 0.3) is 0 Å². The number of aromatic nitrogens is 1. The van der Waals surface area contributed by atoms with Crippen molar-refractivity contribution in [2.24, 2.45) is 5.41 Å². The number of fused-ring (bicyclic) bond motifs is 1. The van der Waals surface area contributed by atoms with Crippen LogP contribution in [0.5, 0.6) is 5.75 Å². The van der Waals surface area contributed by atoms with Crippen molar-refractivity contribution in [3.63, 3.8) is 0 Å². The Morgan fingerprint density at radius 3 is 2.48 bits per heavy atom. The van der Waals surface area contributed by atoms with E-state index in [1.807, 2.05) is 12.1 Å². The summed E-state index contributed by atoms with van der Waals surface area (Å²) in [5.74, 6) is 0.765. The second-order valence-electron chi connectivity index (χ2n) is 9.51. The highest BCUT2D eigenvalue weighted by molar-refractivity contribution is 6.01. The zero-order chi connectivity index (χ0) is 19.6. The molecule has 5 heteroatoms. The molecule has 0 unspecified atom stereocenters. The Kier molecular flexibility index (Phi) is 3.78. The number of nitrogens with one attached hydrogen (secondary N) is 1. The van der Waals surface area contributed by atoms with Gasteiger partial charge in [0.05, 0.1) is 11.3 Å².